The fraction of sp³-hybridized carbons (Fsp3) is 1.00. The Labute approximate surface area is 262 Å². The van der Waals surface area contributed by atoms with Crippen LogP contribution in [0.1, 0.15) is 127 Å². The predicted octanol–water partition coefficient (Wildman–Crippen LogP) is 7.41. The Morgan fingerprint density at radius 3 is 1.14 bits per heavy atom. The summed E-state index contributed by atoms with van der Waals surface area (Å²) >= 11 is 0. The normalized spacial score (nSPS) is 13.3. The van der Waals surface area contributed by atoms with E-state index >= 15 is 0 Å². The minimum absolute atomic E-state index is 0.0955. The highest BCUT2D eigenvalue weighted by Gasteiger charge is 2.29. The van der Waals surface area contributed by atoms with Crippen LogP contribution in [0.3, 0.4) is 0 Å². The SMILES string of the molecule is CC(C)(COCCCCCOCCCCCNC(C)(C)C)CC(C)(C)COCCOCCOCCCCNC(C)(C)C. The maximum Gasteiger partial charge on any atom is 0.0701 e. The fourth-order valence-electron chi connectivity index (χ4n) is 4.98. The van der Waals surface area contributed by atoms with E-state index in [4.69, 9.17) is 23.7 Å². The Bertz CT molecular complexity index is 599. The highest BCUT2D eigenvalue weighted by molar-refractivity contribution is 4.79. The molecule has 0 saturated carbocycles. The standard InChI is InChI=1S/C35H74N2O5/c1-32(2,3)36-19-13-11-15-21-38-22-16-12-17-24-41-30-34(7,8)29-35(9,10)31-42-28-27-40-26-25-39-23-18-14-20-37-33(4,5)6/h36-37H,11-31H2,1-10H3. The van der Waals surface area contributed by atoms with Gasteiger partial charge in [0.25, 0.3) is 0 Å². The molecule has 254 valence electrons. The quantitative estimate of drug-likeness (QED) is 0.0864. The lowest BCUT2D eigenvalue weighted by molar-refractivity contribution is -0.0225. The first-order chi connectivity index (χ1) is 19.6. The third-order valence-electron chi connectivity index (χ3n) is 6.76. The van der Waals surface area contributed by atoms with Gasteiger partial charge in [0, 0.05) is 37.5 Å². The van der Waals surface area contributed by atoms with Gasteiger partial charge in [-0.25, -0.2) is 0 Å². The maximum atomic E-state index is 6.06. The number of hydrogen-bond donors (Lipinski definition) is 2. The van der Waals surface area contributed by atoms with Gasteiger partial charge in [-0.05, 0) is 123 Å². The molecule has 0 rings (SSSR count). The van der Waals surface area contributed by atoms with Crippen LogP contribution in [0.4, 0.5) is 0 Å². The molecule has 0 aliphatic carbocycles. The second-order valence-corrected chi connectivity index (χ2v) is 15.6. The number of nitrogens with one attached hydrogen (secondary N) is 2. The van der Waals surface area contributed by atoms with Crippen LogP contribution in [0, 0.1) is 10.8 Å². The van der Waals surface area contributed by atoms with Gasteiger partial charge in [0.05, 0.1) is 39.6 Å². The smallest absolute Gasteiger partial charge is 0.0701 e. The molecule has 0 amide bonds. The van der Waals surface area contributed by atoms with Crippen LogP contribution in [0.25, 0.3) is 0 Å². The molecule has 7 heteroatoms. The summed E-state index contributed by atoms with van der Waals surface area (Å²) in [6.07, 6.45) is 10.3. The molecule has 0 aliphatic heterocycles. The van der Waals surface area contributed by atoms with Crippen molar-refractivity contribution in [2.75, 3.05) is 79.2 Å². The third-order valence-corrected chi connectivity index (χ3v) is 6.76. The summed E-state index contributed by atoms with van der Waals surface area (Å²) in [5.74, 6) is 0. The molecule has 0 heterocycles. The molecule has 0 aromatic carbocycles. The molecular formula is C35H74N2O5. The summed E-state index contributed by atoms with van der Waals surface area (Å²) in [6.45, 7) is 31.9. The van der Waals surface area contributed by atoms with Gasteiger partial charge in [0.2, 0.25) is 0 Å². The summed E-state index contributed by atoms with van der Waals surface area (Å²) in [7, 11) is 0. The van der Waals surface area contributed by atoms with Gasteiger partial charge in [0.15, 0.2) is 0 Å². The van der Waals surface area contributed by atoms with Crippen molar-refractivity contribution in [3.63, 3.8) is 0 Å². The van der Waals surface area contributed by atoms with Gasteiger partial charge in [0.1, 0.15) is 0 Å². The lowest BCUT2D eigenvalue weighted by Gasteiger charge is -2.34. The average Bonchev–Trinajstić information content (AvgIpc) is 2.85. The van der Waals surface area contributed by atoms with Crippen LogP contribution in [0.5, 0.6) is 0 Å². The van der Waals surface area contributed by atoms with Crippen molar-refractivity contribution >= 4 is 0 Å². The van der Waals surface area contributed by atoms with Crippen LogP contribution >= 0.6 is 0 Å². The second-order valence-electron chi connectivity index (χ2n) is 15.6. The summed E-state index contributed by atoms with van der Waals surface area (Å²) in [6, 6.07) is 0. The Morgan fingerprint density at radius 2 is 0.667 bits per heavy atom. The molecule has 0 aromatic rings. The highest BCUT2D eigenvalue weighted by Crippen LogP contribution is 2.34. The van der Waals surface area contributed by atoms with Gasteiger partial charge in [-0.3, -0.25) is 0 Å². The molecule has 0 spiro atoms. The van der Waals surface area contributed by atoms with Gasteiger partial charge < -0.3 is 34.3 Å². The molecule has 42 heavy (non-hydrogen) atoms. The van der Waals surface area contributed by atoms with Crippen molar-refractivity contribution in [1.29, 1.82) is 0 Å². The third kappa shape index (κ3) is 32.6. The molecule has 0 fully saturated rings. The molecule has 0 radical (unpaired) electrons. The minimum atomic E-state index is 0.0955. The molecule has 0 bridgehead atoms. The van der Waals surface area contributed by atoms with E-state index in [2.05, 4.69) is 79.9 Å². The molecule has 0 unspecified atom stereocenters. The molecular weight excluding hydrogens is 528 g/mol. The molecule has 7 nitrogen and oxygen atoms in total. The molecule has 0 aliphatic rings. The van der Waals surface area contributed by atoms with Crippen LogP contribution in [-0.2, 0) is 23.7 Å². The zero-order chi connectivity index (χ0) is 31.8. The number of hydrogen-bond acceptors (Lipinski definition) is 7. The van der Waals surface area contributed by atoms with E-state index in [1.165, 1.54) is 19.3 Å². The lowest BCUT2D eigenvalue weighted by Crippen LogP contribution is -2.36. The van der Waals surface area contributed by atoms with E-state index in [1.807, 2.05) is 0 Å². The van der Waals surface area contributed by atoms with Crippen molar-refractivity contribution < 1.29 is 23.7 Å². The maximum absolute atomic E-state index is 6.06. The van der Waals surface area contributed by atoms with Crippen LogP contribution < -0.4 is 10.6 Å². The summed E-state index contributed by atoms with van der Waals surface area (Å²) in [5, 5.41) is 7.04. The summed E-state index contributed by atoms with van der Waals surface area (Å²) < 4.78 is 29.1. The first kappa shape index (κ1) is 41.7. The van der Waals surface area contributed by atoms with Crippen LogP contribution in [0.15, 0.2) is 0 Å². The first-order valence-electron chi connectivity index (χ1n) is 17.0. The van der Waals surface area contributed by atoms with Crippen molar-refractivity contribution in [2.24, 2.45) is 10.8 Å². The zero-order valence-corrected chi connectivity index (χ0v) is 29.9. The number of rotatable bonds is 29. The minimum Gasteiger partial charge on any atom is -0.381 e. The lowest BCUT2D eigenvalue weighted by atomic mass is 9.76. The highest BCUT2D eigenvalue weighted by atomic mass is 16.5. The van der Waals surface area contributed by atoms with E-state index in [0.29, 0.717) is 26.4 Å². The summed E-state index contributed by atoms with van der Waals surface area (Å²) in [5.41, 5.74) is 0.627. The number of ether oxygens (including phenoxy) is 5. The molecule has 0 saturated heterocycles. The zero-order valence-electron chi connectivity index (χ0n) is 29.9. The Balaban J connectivity index is 3.59. The van der Waals surface area contributed by atoms with Crippen LogP contribution in [-0.4, -0.2) is 90.2 Å². The van der Waals surface area contributed by atoms with E-state index < -0.39 is 0 Å². The predicted molar refractivity (Wildman–Crippen MR) is 179 cm³/mol. The fourth-order valence-corrected chi connectivity index (χ4v) is 4.98. The Kier molecular flexibility index (Phi) is 23.9. The monoisotopic (exact) mass is 603 g/mol. The Morgan fingerprint density at radius 1 is 0.357 bits per heavy atom. The average molecular weight is 603 g/mol. The van der Waals surface area contributed by atoms with Gasteiger partial charge >= 0.3 is 0 Å². The van der Waals surface area contributed by atoms with E-state index in [0.717, 1.165) is 91.3 Å². The van der Waals surface area contributed by atoms with Gasteiger partial charge in [-0.2, -0.15) is 0 Å². The van der Waals surface area contributed by atoms with Crippen molar-refractivity contribution in [2.45, 2.75) is 138 Å². The molecule has 2 N–H and O–H groups in total. The van der Waals surface area contributed by atoms with E-state index in [9.17, 15) is 0 Å². The Hall–Kier alpha value is -0.280. The van der Waals surface area contributed by atoms with Gasteiger partial charge in [-0.15, -0.1) is 0 Å². The number of unbranched alkanes of at least 4 members (excludes halogenated alkanes) is 5. The largest absolute Gasteiger partial charge is 0.381 e. The first-order valence-corrected chi connectivity index (χ1v) is 17.0. The van der Waals surface area contributed by atoms with Gasteiger partial charge in [-0.1, -0.05) is 27.7 Å². The van der Waals surface area contributed by atoms with Crippen molar-refractivity contribution in [1.82, 2.24) is 10.6 Å². The van der Waals surface area contributed by atoms with Crippen molar-refractivity contribution in [3.8, 4) is 0 Å². The van der Waals surface area contributed by atoms with E-state index in [-0.39, 0.29) is 21.9 Å². The molecule has 0 aromatic heterocycles. The van der Waals surface area contributed by atoms with E-state index in [1.54, 1.807) is 0 Å². The van der Waals surface area contributed by atoms with Crippen LogP contribution in [0.2, 0.25) is 0 Å². The van der Waals surface area contributed by atoms with Crippen molar-refractivity contribution in [3.05, 3.63) is 0 Å². The summed E-state index contributed by atoms with van der Waals surface area (Å²) in [4.78, 5) is 0. The topological polar surface area (TPSA) is 70.2 Å². The molecule has 0 atom stereocenters. The second kappa shape index (κ2) is 24.0.